The van der Waals surface area contributed by atoms with Gasteiger partial charge in [0.2, 0.25) is 4.77 Å². The highest BCUT2D eigenvalue weighted by Gasteiger charge is 2.10. The number of hydrogen-bond donors (Lipinski definition) is 1. The second kappa shape index (κ2) is 5.56. The first-order valence-electron chi connectivity index (χ1n) is 5.76. The van der Waals surface area contributed by atoms with Gasteiger partial charge in [-0.2, -0.15) is 14.9 Å². The van der Waals surface area contributed by atoms with Crippen molar-refractivity contribution in [3.05, 3.63) is 57.7 Å². The molecule has 0 unspecified atom stereocenters. The molecule has 5 nitrogen and oxygen atoms in total. The third-order valence-electron chi connectivity index (χ3n) is 2.61. The van der Waals surface area contributed by atoms with Gasteiger partial charge in [-0.15, -0.1) is 0 Å². The van der Waals surface area contributed by atoms with Gasteiger partial charge in [0.1, 0.15) is 5.76 Å². The quantitative estimate of drug-likeness (QED) is 0.577. The molecule has 3 rings (SSSR count). The zero-order valence-corrected chi connectivity index (χ0v) is 12.6. The van der Waals surface area contributed by atoms with Gasteiger partial charge in [0.05, 0.1) is 12.5 Å². The highest BCUT2D eigenvalue weighted by atomic mass is 79.9. The normalized spacial score (nSPS) is 11.2. The van der Waals surface area contributed by atoms with Gasteiger partial charge in [-0.05, 0) is 36.5 Å². The van der Waals surface area contributed by atoms with Gasteiger partial charge in [0, 0.05) is 10.0 Å². The first kappa shape index (κ1) is 13.0. The largest absolute Gasteiger partial charge is 0.463 e. The van der Waals surface area contributed by atoms with E-state index >= 15 is 0 Å². The Hall–Kier alpha value is -1.99. The van der Waals surface area contributed by atoms with Crippen LogP contribution in [-0.2, 0) is 0 Å². The fraction of sp³-hybridized carbons (Fsp3) is 0. The van der Waals surface area contributed by atoms with E-state index in [0.717, 1.165) is 10.0 Å². The zero-order valence-electron chi connectivity index (χ0n) is 10.2. The van der Waals surface area contributed by atoms with Crippen LogP contribution < -0.4 is 0 Å². The molecule has 1 N–H and O–H groups in total. The van der Waals surface area contributed by atoms with Crippen molar-refractivity contribution in [2.24, 2.45) is 5.10 Å². The summed E-state index contributed by atoms with van der Waals surface area (Å²) >= 11 is 8.69. The molecule has 20 heavy (non-hydrogen) atoms. The lowest BCUT2D eigenvalue weighted by atomic mass is 10.2. The topological polar surface area (TPSA) is 59.1 Å². The van der Waals surface area contributed by atoms with E-state index in [1.807, 2.05) is 30.3 Å². The van der Waals surface area contributed by atoms with E-state index in [9.17, 15) is 0 Å². The van der Waals surface area contributed by atoms with E-state index in [4.69, 9.17) is 16.6 Å². The summed E-state index contributed by atoms with van der Waals surface area (Å²) in [4.78, 5) is 0. The van der Waals surface area contributed by atoms with Gasteiger partial charge in [0.25, 0.3) is 0 Å². The molecule has 0 saturated heterocycles. The highest BCUT2D eigenvalue weighted by Crippen LogP contribution is 2.26. The zero-order chi connectivity index (χ0) is 13.9. The van der Waals surface area contributed by atoms with Crippen molar-refractivity contribution in [3.8, 4) is 11.4 Å². The molecule has 100 valence electrons. The lowest BCUT2D eigenvalue weighted by molar-refractivity contribution is 0.559. The van der Waals surface area contributed by atoms with Gasteiger partial charge in [0.15, 0.2) is 5.82 Å². The van der Waals surface area contributed by atoms with E-state index in [1.165, 1.54) is 0 Å². The Morgan fingerprint density at radius 3 is 2.90 bits per heavy atom. The van der Waals surface area contributed by atoms with E-state index in [2.05, 4.69) is 31.2 Å². The smallest absolute Gasteiger partial charge is 0.216 e. The number of H-pyrrole nitrogens is 1. The molecule has 0 aliphatic heterocycles. The molecule has 0 radical (unpaired) electrons. The first-order chi connectivity index (χ1) is 9.75. The minimum Gasteiger partial charge on any atom is -0.463 e. The lowest BCUT2D eigenvalue weighted by Crippen LogP contribution is -1.95. The van der Waals surface area contributed by atoms with Crippen LogP contribution in [0.5, 0.6) is 0 Å². The van der Waals surface area contributed by atoms with E-state index in [1.54, 1.807) is 23.2 Å². The summed E-state index contributed by atoms with van der Waals surface area (Å²) in [6.45, 7) is 0. The first-order valence-corrected chi connectivity index (χ1v) is 6.96. The van der Waals surface area contributed by atoms with Crippen LogP contribution in [0.15, 0.2) is 56.7 Å². The Balaban J connectivity index is 2.07. The third kappa shape index (κ3) is 2.50. The summed E-state index contributed by atoms with van der Waals surface area (Å²) in [5.74, 6) is 1.27. The van der Waals surface area contributed by atoms with Crippen LogP contribution in [0.25, 0.3) is 11.4 Å². The summed E-state index contributed by atoms with van der Waals surface area (Å²) in [5.41, 5.74) is 0.899. The Kier molecular flexibility index (Phi) is 3.62. The molecule has 0 spiro atoms. The summed E-state index contributed by atoms with van der Waals surface area (Å²) in [6.07, 6.45) is 3.18. The van der Waals surface area contributed by atoms with Crippen molar-refractivity contribution in [3.63, 3.8) is 0 Å². The number of furan rings is 1. The standard InChI is InChI=1S/C13H9BrN4OS/c14-11-6-2-1-5-10(11)12-16-17-13(20)18(12)15-8-9-4-3-7-19-9/h1-8H,(H,17,20). The molecule has 0 aliphatic rings. The van der Waals surface area contributed by atoms with Gasteiger partial charge in [-0.25, -0.2) is 5.10 Å². The average molecular weight is 349 g/mol. The van der Waals surface area contributed by atoms with Crippen molar-refractivity contribution in [2.75, 3.05) is 0 Å². The molecule has 0 atom stereocenters. The molecule has 0 fully saturated rings. The Morgan fingerprint density at radius 2 is 2.15 bits per heavy atom. The third-order valence-corrected chi connectivity index (χ3v) is 3.56. The monoisotopic (exact) mass is 348 g/mol. The van der Waals surface area contributed by atoms with Crippen LogP contribution >= 0.6 is 28.1 Å². The molecule has 0 amide bonds. The van der Waals surface area contributed by atoms with Crippen LogP contribution in [-0.4, -0.2) is 21.1 Å². The van der Waals surface area contributed by atoms with E-state index < -0.39 is 0 Å². The van der Waals surface area contributed by atoms with Crippen molar-refractivity contribution < 1.29 is 4.42 Å². The summed E-state index contributed by atoms with van der Waals surface area (Å²) in [5, 5.41) is 11.3. The lowest BCUT2D eigenvalue weighted by Gasteiger charge is -2.02. The molecule has 0 saturated carbocycles. The maximum Gasteiger partial charge on any atom is 0.216 e. The number of benzene rings is 1. The predicted octanol–water partition coefficient (Wildman–Crippen LogP) is 3.85. The van der Waals surface area contributed by atoms with Crippen molar-refractivity contribution >= 4 is 34.4 Å². The summed E-state index contributed by atoms with van der Waals surface area (Å²) in [6, 6.07) is 11.3. The molecular formula is C13H9BrN4OS. The van der Waals surface area contributed by atoms with Crippen LogP contribution in [0.2, 0.25) is 0 Å². The van der Waals surface area contributed by atoms with Crippen molar-refractivity contribution in [2.45, 2.75) is 0 Å². The molecule has 3 aromatic rings. The second-order valence-electron chi connectivity index (χ2n) is 3.90. The maximum atomic E-state index is 5.20. The number of rotatable bonds is 3. The fourth-order valence-corrected chi connectivity index (χ4v) is 2.34. The number of aromatic amines is 1. The number of nitrogens with one attached hydrogen (secondary N) is 1. The number of nitrogens with zero attached hydrogens (tertiary/aromatic N) is 3. The minimum atomic E-state index is 0.415. The van der Waals surface area contributed by atoms with Gasteiger partial charge in [-0.3, -0.25) is 0 Å². The number of hydrogen-bond acceptors (Lipinski definition) is 4. The van der Waals surface area contributed by atoms with Gasteiger partial charge < -0.3 is 4.42 Å². The van der Waals surface area contributed by atoms with Crippen molar-refractivity contribution in [1.29, 1.82) is 0 Å². The van der Waals surface area contributed by atoms with E-state index in [0.29, 0.717) is 16.4 Å². The molecule has 1 aromatic carbocycles. The second-order valence-corrected chi connectivity index (χ2v) is 5.15. The minimum absolute atomic E-state index is 0.415. The van der Waals surface area contributed by atoms with Crippen LogP contribution in [0.4, 0.5) is 0 Å². The molecule has 0 bridgehead atoms. The molecule has 2 heterocycles. The molecule has 2 aromatic heterocycles. The highest BCUT2D eigenvalue weighted by molar-refractivity contribution is 9.10. The van der Waals surface area contributed by atoms with E-state index in [-0.39, 0.29) is 0 Å². The summed E-state index contributed by atoms with van der Waals surface area (Å²) in [7, 11) is 0. The van der Waals surface area contributed by atoms with Crippen molar-refractivity contribution in [1.82, 2.24) is 14.9 Å². The molecule has 7 heteroatoms. The Morgan fingerprint density at radius 1 is 1.30 bits per heavy atom. The number of halogens is 1. The van der Waals surface area contributed by atoms with Crippen LogP contribution in [0.3, 0.4) is 0 Å². The maximum absolute atomic E-state index is 5.20. The van der Waals surface area contributed by atoms with Crippen LogP contribution in [0.1, 0.15) is 5.76 Å². The molecular weight excluding hydrogens is 340 g/mol. The Labute approximate surface area is 128 Å². The van der Waals surface area contributed by atoms with Crippen LogP contribution in [0, 0.1) is 4.77 Å². The number of aromatic nitrogens is 3. The summed E-state index contributed by atoms with van der Waals surface area (Å²) < 4.78 is 8.09. The average Bonchev–Trinajstić information content (AvgIpc) is 3.07. The SMILES string of the molecule is S=c1[nH]nc(-c2ccccc2Br)n1N=Cc1ccco1. The fourth-order valence-electron chi connectivity index (χ4n) is 1.70. The van der Waals surface area contributed by atoms with Gasteiger partial charge >= 0.3 is 0 Å². The Bertz CT molecular complexity index is 804. The molecule has 0 aliphatic carbocycles. The predicted molar refractivity (Wildman–Crippen MR) is 82.2 cm³/mol. The van der Waals surface area contributed by atoms with Gasteiger partial charge in [-0.1, -0.05) is 28.1 Å².